The maximum Gasteiger partial charge on any atom is 0.0239 e. The van der Waals surface area contributed by atoms with Gasteiger partial charge in [-0.1, -0.05) is 23.8 Å². The molecule has 0 N–H and O–H groups in total. The van der Waals surface area contributed by atoms with E-state index >= 15 is 0 Å². The maximum atomic E-state index is 2.25. The van der Waals surface area contributed by atoms with Gasteiger partial charge in [0.2, 0.25) is 0 Å². The van der Waals surface area contributed by atoms with Crippen LogP contribution in [0.4, 0.5) is 0 Å². The Morgan fingerprint density at radius 1 is 1.45 bits per heavy atom. The molecule has 2 rings (SSSR count). The molecule has 0 spiro atoms. The second kappa shape index (κ2) is 2.67. The lowest BCUT2D eigenvalue weighted by Crippen LogP contribution is -1.90. The monoisotopic (exact) mass is 162 g/mol. The second-order valence-corrected chi connectivity index (χ2v) is 3.61. The molecule has 0 fully saturated rings. The first-order valence-corrected chi connectivity index (χ1v) is 4.69. The molecule has 1 aliphatic rings. The van der Waals surface area contributed by atoms with Gasteiger partial charge in [0.25, 0.3) is 0 Å². The van der Waals surface area contributed by atoms with Gasteiger partial charge in [0.05, 0.1) is 0 Å². The minimum Gasteiger partial charge on any atom is -0.152 e. The Morgan fingerprint density at radius 3 is 2.91 bits per heavy atom. The van der Waals surface area contributed by atoms with Gasteiger partial charge in [-0.05, 0) is 29.3 Å². The Bertz CT molecular complexity index is 291. The van der Waals surface area contributed by atoms with Gasteiger partial charge in [-0.3, -0.25) is 0 Å². The van der Waals surface area contributed by atoms with Gasteiger partial charge in [-0.15, -0.1) is 0 Å². The van der Waals surface area contributed by atoms with Gasteiger partial charge in [0, 0.05) is 5.92 Å². The van der Waals surface area contributed by atoms with Crippen LogP contribution in [0.2, 0.25) is 0 Å². The van der Waals surface area contributed by atoms with Gasteiger partial charge in [-0.25, -0.2) is 0 Å². The van der Waals surface area contributed by atoms with Crippen LogP contribution in [0.25, 0.3) is 0 Å². The molecule has 11 heavy (non-hydrogen) atoms. The van der Waals surface area contributed by atoms with Gasteiger partial charge < -0.3 is 0 Å². The zero-order valence-corrected chi connectivity index (χ0v) is 7.27. The summed E-state index contributed by atoms with van der Waals surface area (Å²) in [5.41, 5.74) is 2.88. The standard InChI is InChI=1S/C10H10S/c1-8-3-2-4-10(8)9-5-6-11-7-9/h2-7,10H,1H3. The van der Waals surface area contributed by atoms with E-state index in [9.17, 15) is 0 Å². The molecule has 0 aliphatic heterocycles. The average molecular weight is 162 g/mol. The van der Waals surface area contributed by atoms with Gasteiger partial charge in [0.15, 0.2) is 0 Å². The van der Waals surface area contributed by atoms with Crippen molar-refractivity contribution in [2.24, 2.45) is 0 Å². The Morgan fingerprint density at radius 2 is 2.36 bits per heavy atom. The molecule has 1 heterocycles. The molecule has 1 aromatic heterocycles. The third kappa shape index (κ3) is 1.16. The van der Waals surface area contributed by atoms with E-state index in [1.165, 1.54) is 11.1 Å². The lowest BCUT2D eigenvalue weighted by atomic mass is 9.98. The first kappa shape index (κ1) is 6.86. The average Bonchev–Trinajstić information content (AvgIpc) is 2.55. The fourth-order valence-electron chi connectivity index (χ4n) is 1.40. The molecule has 56 valence electrons. The lowest BCUT2D eigenvalue weighted by Gasteiger charge is -2.06. The Hall–Kier alpha value is -0.820. The van der Waals surface area contributed by atoms with Crippen LogP contribution in [0.3, 0.4) is 0 Å². The van der Waals surface area contributed by atoms with E-state index in [4.69, 9.17) is 0 Å². The van der Waals surface area contributed by atoms with Crippen molar-refractivity contribution < 1.29 is 0 Å². The van der Waals surface area contributed by atoms with Crippen LogP contribution >= 0.6 is 11.3 Å². The molecule has 0 saturated heterocycles. The van der Waals surface area contributed by atoms with Crippen LogP contribution in [-0.2, 0) is 0 Å². The molecule has 1 unspecified atom stereocenters. The highest BCUT2D eigenvalue weighted by molar-refractivity contribution is 7.08. The first-order chi connectivity index (χ1) is 5.38. The number of rotatable bonds is 1. The number of hydrogen-bond acceptors (Lipinski definition) is 1. The van der Waals surface area contributed by atoms with Crippen LogP contribution in [-0.4, -0.2) is 0 Å². The van der Waals surface area contributed by atoms with E-state index < -0.39 is 0 Å². The zero-order valence-electron chi connectivity index (χ0n) is 6.45. The van der Waals surface area contributed by atoms with E-state index in [1.807, 2.05) is 0 Å². The minimum absolute atomic E-state index is 0.557. The quantitative estimate of drug-likeness (QED) is 0.594. The Kier molecular flexibility index (Phi) is 1.66. The normalized spacial score (nSPS) is 22.3. The molecule has 0 aromatic carbocycles. The molecule has 1 atom stereocenters. The molecule has 0 nitrogen and oxygen atoms in total. The van der Waals surface area contributed by atoms with E-state index in [2.05, 4.69) is 42.0 Å². The Balaban J connectivity index is 2.32. The summed E-state index contributed by atoms with van der Waals surface area (Å²) in [5, 5.41) is 4.35. The zero-order chi connectivity index (χ0) is 7.68. The lowest BCUT2D eigenvalue weighted by molar-refractivity contribution is 1.02. The van der Waals surface area contributed by atoms with E-state index in [0.717, 1.165) is 0 Å². The molecule has 1 heteroatoms. The third-order valence-electron chi connectivity index (χ3n) is 2.06. The smallest absolute Gasteiger partial charge is 0.0239 e. The van der Waals surface area contributed by atoms with Crippen molar-refractivity contribution in [1.29, 1.82) is 0 Å². The predicted molar refractivity (Wildman–Crippen MR) is 50.0 cm³/mol. The maximum absolute atomic E-state index is 2.25. The van der Waals surface area contributed by atoms with Crippen LogP contribution in [0.15, 0.2) is 40.6 Å². The van der Waals surface area contributed by atoms with Crippen molar-refractivity contribution in [1.82, 2.24) is 0 Å². The highest BCUT2D eigenvalue weighted by Crippen LogP contribution is 2.30. The summed E-state index contributed by atoms with van der Waals surface area (Å²) in [6, 6.07) is 2.20. The largest absolute Gasteiger partial charge is 0.152 e. The molecule has 0 radical (unpaired) electrons. The van der Waals surface area contributed by atoms with Gasteiger partial charge >= 0.3 is 0 Å². The summed E-state index contributed by atoms with van der Waals surface area (Å²) in [5.74, 6) is 0.557. The molecule has 1 aromatic rings. The predicted octanol–water partition coefficient (Wildman–Crippen LogP) is 3.35. The van der Waals surface area contributed by atoms with Crippen molar-refractivity contribution in [2.45, 2.75) is 12.8 Å². The van der Waals surface area contributed by atoms with E-state index in [0.29, 0.717) is 5.92 Å². The van der Waals surface area contributed by atoms with Crippen LogP contribution in [0.5, 0.6) is 0 Å². The first-order valence-electron chi connectivity index (χ1n) is 3.75. The summed E-state index contributed by atoms with van der Waals surface area (Å²) < 4.78 is 0. The highest BCUT2D eigenvalue weighted by Gasteiger charge is 2.12. The van der Waals surface area contributed by atoms with Crippen molar-refractivity contribution in [3.63, 3.8) is 0 Å². The summed E-state index contributed by atoms with van der Waals surface area (Å²) in [6.45, 7) is 2.18. The van der Waals surface area contributed by atoms with Gasteiger partial charge in [0.1, 0.15) is 0 Å². The molecule has 0 bridgehead atoms. The fraction of sp³-hybridized carbons (Fsp3) is 0.200. The second-order valence-electron chi connectivity index (χ2n) is 2.83. The molecular weight excluding hydrogens is 152 g/mol. The molecule has 0 amide bonds. The number of thiophene rings is 1. The minimum atomic E-state index is 0.557. The Labute approximate surface area is 70.9 Å². The van der Waals surface area contributed by atoms with Crippen molar-refractivity contribution in [3.8, 4) is 0 Å². The van der Waals surface area contributed by atoms with Crippen LogP contribution < -0.4 is 0 Å². The van der Waals surface area contributed by atoms with E-state index in [1.54, 1.807) is 11.3 Å². The molecule has 0 saturated carbocycles. The van der Waals surface area contributed by atoms with Gasteiger partial charge in [-0.2, -0.15) is 11.3 Å². The SMILES string of the molecule is CC1=CC=CC1c1ccsc1. The molecule has 1 aliphatic carbocycles. The topological polar surface area (TPSA) is 0 Å². The van der Waals surface area contributed by atoms with E-state index in [-0.39, 0.29) is 0 Å². The van der Waals surface area contributed by atoms with Crippen molar-refractivity contribution >= 4 is 11.3 Å². The number of hydrogen-bond donors (Lipinski definition) is 0. The van der Waals surface area contributed by atoms with Crippen molar-refractivity contribution in [3.05, 3.63) is 46.2 Å². The highest BCUT2D eigenvalue weighted by atomic mass is 32.1. The summed E-state index contributed by atoms with van der Waals surface area (Å²) >= 11 is 1.77. The van der Waals surface area contributed by atoms with Crippen molar-refractivity contribution in [2.75, 3.05) is 0 Å². The summed E-state index contributed by atoms with van der Waals surface area (Å²) in [6.07, 6.45) is 6.57. The fourth-order valence-corrected chi connectivity index (χ4v) is 2.10. The summed E-state index contributed by atoms with van der Waals surface area (Å²) in [7, 11) is 0. The molecular formula is C10H10S. The number of allylic oxidation sites excluding steroid dienone is 4. The summed E-state index contributed by atoms with van der Waals surface area (Å²) in [4.78, 5) is 0. The van der Waals surface area contributed by atoms with Crippen LogP contribution in [0, 0.1) is 0 Å². The third-order valence-corrected chi connectivity index (χ3v) is 2.76. The van der Waals surface area contributed by atoms with Crippen LogP contribution in [0.1, 0.15) is 18.4 Å².